The van der Waals surface area contributed by atoms with Gasteiger partial charge < -0.3 is 14.6 Å². The molecule has 0 unspecified atom stereocenters. The van der Waals surface area contributed by atoms with Crippen LogP contribution in [0.2, 0.25) is 5.02 Å². The molecule has 2 aromatic carbocycles. The fraction of sp³-hybridized carbons (Fsp3) is 0.375. The zero-order chi connectivity index (χ0) is 25.4. The van der Waals surface area contributed by atoms with Crippen LogP contribution in [0.4, 0.5) is 5.69 Å². The maximum absolute atomic E-state index is 12.3. The molecule has 9 nitrogen and oxygen atoms in total. The number of hydrogen-bond acceptors (Lipinski definition) is 7. The number of anilines is 1. The SMILES string of the molecule is CCCCNS(=O)(=O)c1ccc(OCC(=O)Nc2ccc(Cc3noc(C(C)C)n3)cc2)c(Cl)c1. The lowest BCUT2D eigenvalue weighted by molar-refractivity contribution is -0.118. The number of unbranched alkanes of at least 4 members (excludes halogenated alkanes) is 1. The largest absolute Gasteiger partial charge is 0.482 e. The number of nitrogens with one attached hydrogen (secondary N) is 2. The van der Waals surface area contributed by atoms with Gasteiger partial charge in [0.2, 0.25) is 15.9 Å². The topological polar surface area (TPSA) is 123 Å². The Labute approximate surface area is 210 Å². The Hall–Kier alpha value is -2.95. The van der Waals surface area contributed by atoms with Crippen molar-refractivity contribution in [2.75, 3.05) is 18.5 Å². The molecule has 35 heavy (non-hydrogen) atoms. The number of sulfonamides is 1. The molecule has 0 atom stereocenters. The average Bonchev–Trinajstić information content (AvgIpc) is 3.28. The fourth-order valence-corrected chi connectivity index (χ4v) is 4.43. The third-order valence-corrected chi connectivity index (χ3v) is 6.73. The summed E-state index contributed by atoms with van der Waals surface area (Å²) in [7, 11) is -3.65. The van der Waals surface area contributed by atoms with Gasteiger partial charge in [-0.2, -0.15) is 4.98 Å². The molecular weight excluding hydrogens is 492 g/mol. The number of rotatable bonds is 12. The molecule has 0 saturated carbocycles. The van der Waals surface area contributed by atoms with Crippen molar-refractivity contribution in [2.45, 2.75) is 50.8 Å². The van der Waals surface area contributed by atoms with E-state index in [9.17, 15) is 13.2 Å². The number of ether oxygens (including phenoxy) is 1. The van der Waals surface area contributed by atoms with Gasteiger partial charge in [0.15, 0.2) is 12.4 Å². The zero-order valence-corrected chi connectivity index (χ0v) is 21.4. The summed E-state index contributed by atoms with van der Waals surface area (Å²) >= 11 is 6.18. The first kappa shape index (κ1) is 26.7. The minimum Gasteiger partial charge on any atom is -0.482 e. The van der Waals surface area contributed by atoms with E-state index in [2.05, 4.69) is 20.2 Å². The minimum absolute atomic E-state index is 0.0387. The summed E-state index contributed by atoms with van der Waals surface area (Å²) in [6.07, 6.45) is 2.14. The molecule has 1 aromatic heterocycles. The van der Waals surface area contributed by atoms with E-state index in [1.165, 1.54) is 18.2 Å². The second kappa shape index (κ2) is 12.1. The van der Waals surface area contributed by atoms with Gasteiger partial charge in [-0.3, -0.25) is 4.79 Å². The number of carbonyl (C=O) groups is 1. The maximum Gasteiger partial charge on any atom is 0.262 e. The summed E-state index contributed by atoms with van der Waals surface area (Å²) in [5.74, 6) is 1.21. The molecule has 0 aliphatic rings. The van der Waals surface area contributed by atoms with E-state index < -0.39 is 10.0 Å². The van der Waals surface area contributed by atoms with Crippen LogP contribution in [0.25, 0.3) is 0 Å². The Bertz CT molecular complexity index is 1240. The second-order valence-electron chi connectivity index (χ2n) is 8.26. The molecule has 0 bridgehead atoms. The Balaban J connectivity index is 1.51. The van der Waals surface area contributed by atoms with Gasteiger partial charge in [0, 0.05) is 24.6 Å². The highest BCUT2D eigenvalue weighted by atomic mass is 35.5. The van der Waals surface area contributed by atoms with Gasteiger partial charge in [0.05, 0.1) is 9.92 Å². The first-order valence-electron chi connectivity index (χ1n) is 11.3. The molecule has 3 aromatic rings. The summed E-state index contributed by atoms with van der Waals surface area (Å²) in [6, 6.07) is 11.4. The molecule has 0 radical (unpaired) electrons. The first-order valence-corrected chi connectivity index (χ1v) is 13.2. The Morgan fingerprint density at radius 3 is 2.54 bits per heavy atom. The first-order chi connectivity index (χ1) is 16.7. The second-order valence-corrected chi connectivity index (χ2v) is 10.4. The van der Waals surface area contributed by atoms with Crippen molar-refractivity contribution >= 4 is 33.2 Å². The summed E-state index contributed by atoms with van der Waals surface area (Å²) in [5.41, 5.74) is 1.57. The van der Waals surface area contributed by atoms with Crippen LogP contribution in [-0.4, -0.2) is 37.6 Å². The van der Waals surface area contributed by atoms with Crippen molar-refractivity contribution in [3.63, 3.8) is 0 Å². The molecule has 3 rings (SSSR count). The number of aromatic nitrogens is 2. The fourth-order valence-electron chi connectivity index (χ4n) is 3.04. The molecule has 11 heteroatoms. The standard InChI is InChI=1S/C24H29ClN4O5S/c1-4-5-12-26-35(31,32)19-10-11-21(20(25)14-19)33-15-23(30)27-18-8-6-17(7-9-18)13-22-28-24(16(2)3)34-29-22/h6-11,14,16,26H,4-5,12-13,15H2,1-3H3,(H,27,30). The lowest BCUT2D eigenvalue weighted by Gasteiger charge is -2.11. The van der Waals surface area contributed by atoms with E-state index in [1.807, 2.05) is 32.9 Å². The van der Waals surface area contributed by atoms with Crippen LogP contribution >= 0.6 is 11.6 Å². The van der Waals surface area contributed by atoms with Crippen LogP contribution in [-0.2, 0) is 21.2 Å². The molecule has 1 amide bonds. The normalized spacial score (nSPS) is 11.6. The minimum atomic E-state index is -3.65. The number of hydrogen-bond donors (Lipinski definition) is 2. The summed E-state index contributed by atoms with van der Waals surface area (Å²) in [5, 5.41) is 6.82. The lowest BCUT2D eigenvalue weighted by atomic mass is 10.1. The molecule has 0 saturated heterocycles. The summed E-state index contributed by atoms with van der Waals surface area (Å²) in [6.45, 7) is 6.01. The Kier molecular flexibility index (Phi) is 9.25. The monoisotopic (exact) mass is 520 g/mol. The number of nitrogens with zero attached hydrogens (tertiary/aromatic N) is 2. The third kappa shape index (κ3) is 7.78. The molecule has 1 heterocycles. The van der Waals surface area contributed by atoms with E-state index in [-0.39, 0.29) is 34.1 Å². The van der Waals surface area contributed by atoms with Gasteiger partial charge in [0.1, 0.15) is 5.75 Å². The lowest BCUT2D eigenvalue weighted by Crippen LogP contribution is -2.24. The van der Waals surface area contributed by atoms with Crippen molar-refractivity contribution in [2.24, 2.45) is 0 Å². The number of halogens is 1. The Morgan fingerprint density at radius 2 is 1.91 bits per heavy atom. The molecule has 0 aliphatic carbocycles. The maximum atomic E-state index is 12.3. The number of benzene rings is 2. The predicted molar refractivity (Wildman–Crippen MR) is 133 cm³/mol. The van der Waals surface area contributed by atoms with E-state index in [0.717, 1.165) is 18.4 Å². The highest BCUT2D eigenvalue weighted by Crippen LogP contribution is 2.27. The van der Waals surface area contributed by atoms with Gasteiger partial charge in [-0.1, -0.05) is 56.1 Å². The molecule has 2 N–H and O–H groups in total. The van der Waals surface area contributed by atoms with Gasteiger partial charge in [0.25, 0.3) is 5.91 Å². The average molecular weight is 521 g/mol. The van der Waals surface area contributed by atoms with Crippen molar-refractivity contribution in [1.82, 2.24) is 14.9 Å². The van der Waals surface area contributed by atoms with Crippen molar-refractivity contribution in [3.8, 4) is 5.75 Å². The third-order valence-electron chi connectivity index (χ3n) is 4.97. The molecule has 188 valence electrons. The van der Waals surface area contributed by atoms with Crippen LogP contribution in [0.1, 0.15) is 56.8 Å². The van der Waals surface area contributed by atoms with E-state index in [1.54, 1.807) is 12.1 Å². The van der Waals surface area contributed by atoms with Crippen LogP contribution < -0.4 is 14.8 Å². The Morgan fingerprint density at radius 1 is 1.17 bits per heavy atom. The highest BCUT2D eigenvalue weighted by Gasteiger charge is 2.16. The molecular formula is C24H29ClN4O5S. The smallest absolute Gasteiger partial charge is 0.262 e. The van der Waals surface area contributed by atoms with Crippen LogP contribution in [0.5, 0.6) is 5.75 Å². The van der Waals surface area contributed by atoms with Gasteiger partial charge >= 0.3 is 0 Å². The highest BCUT2D eigenvalue weighted by molar-refractivity contribution is 7.89. The van der Waals surface area contributed by atoms with Gasteiger partial charge in [-0.25, -0.2) is 13.1 Å². The van der Waals surface area contributed by atoms with Gasteiger partial charge in [-0.05, 0) is 42.3 Å². The van der Waals surface area contributed by atoms with Crippen LogP contribution in [0, 0.1) is 0 Å². The van der Waals surface area contributed by atoms with Crippen LogP contribution in [0.15, 0.2) is 51.9 Å². The van der Waals surface area contributed by atoms with Crippen molar-refractivity contribution in [3.05, 3.63) is 64.8 Å². The number of carbonyl (C=O) groups excluding carboxylic acids is 1. The summed E-state index contributed by atoms with van der Waals surface area (Å²) < 4.78 is 37.8. The zero-order valence-electron chi connectivity index (χ0n) is 19.9. The predicted octanol–water partition coefficient (Wildman–Crippen LogP) is 4.53. The number of amides is 1. The molecule has 0 fully saturated rings. The van der Waals surface area contributed by atoms with E-state index >= 15 is 0 Å². The van der Waals surface area contributed by atoms with Crippen molar-refractivity contribution in [1.29, 1.82) is 0 Å². The van der Waals surface area contributed by atoms with Crippen molar-refractivity contribution < 1.29 is 22.5 Å². The molecule has 0 aliphatic heterocycles. The summed E-state index contributed by atoms with van der Waals surface area (Å²) in [4.78, 5) is 16.7. The van der Waals surface area contributed by atoms with Crippen LogP contribution in [0.3, 0.4) is 0 Å². The van der Waals surface area contributed by atoms with E-state index in [0.29, 0.717) is 30.4 Å². The molecule has 0 spiro atoms. The van der Waals surface area contributed by atoms with E-state index in [4.69, 9.17) is 20.9 Å². The quantitative estimate of drug-likeness (QED) is 0.336. The van der Waals surface area contributed by atoms with Gasteiger partial charge in [-0.15, -0.1) is 0 Å².